The molecule has 3 heterocycles. The molecule has 11 heteroatoms. The van der Waals surface area contributed by atoms with Crippen LogP contribution in [0, 0.1) is 0 Å². The minimum Gasteiger partial charge on any atom is -1.00 e. The summed E-state index contributed by atoms with van der Waals surface area (Å²) in [6.07, 6.45) is 10.4. The van der Waals surface area contributed by atoms with E-state index in [-0.39, 0.29) is 12.4 Å². The van der Waals surface area contributed by atoms with E-state index >= 15 is 0 Å². The lowest BCUT2D eigenvalue weighted by molar-refractivity contribution is -0.697. The third-order valence-electron chi connectivity index (χ3n) is 6.12. The third-order valence-corrected chi connectivity index (χ3v) is 6.12. The summed E-state index contributed by atoms with van der Waals surface area (Å²) in [6.45, 7) is 2.67. The Balaban J connectivity index is 0.00000353. The first-order valence-corrected chi connectivity index (χ1v) is 12.7. The molecule has 0 saturated carbocycles. The number of benzene rings is 2. The quantitative estimate of drug-likeness (QED) is 0.180. The zero-order chi connectivity index (χ0) is 26.2. The van der Waals surface area contributed by atoms with Crippen molar-refractivity contribution in [1.29, 1.82) is 0 Å². The Morgan fingerprint density at radius 1 is 0.846 bits per heavy atom. The molecule has 2 aliphatic rings. The maximum atomic E-state index is 5.99. The van der Waals surface area contributed by atoms with E-state index in [4.69, 9.17) is 39.9 Å². The summed E-state index contributed by atoms with van der Waals surface area (Å²) in [5.41, 5.74) is 15.1. The molecule has 10 nitrogen and oxygen atoms in total. The average molecular weight is 557 g/mol. The molecule has 3 aromatic rings. The molecule has 0 spiro atoms. The minimum atomic E-state index is -0.572. The van der Waals surface area contributed by atoms with E-state index in [1.807, 2.05) is 60.9 Å². The van der Waals surface area contributed by atoms with Crippen LogP contribution in [-0.4, -0.2) is 24.1 Å². The van der Waals surface area contributed by atoms with Crippen LogP contribution in [0.4, 0.5) is 11.4 Å². The summed E-state index contributed by atoms with van der Waals surface area (Å²) in [4.78, 5) is 0. The van der Waals surface area contributed by atoms with Crippen LogP contribution in [0.25, 0.3) is 0 Å². The number of nitrogens with two attached hydrogens (primary N) is 2. The van der Waals surface area contributed by atoms with E-state index in [0.717, 1.165) is 42.7 Å². The van der Waals surface area contributed by atoms with Crippen LogP contribution in [0.1, 0.15) is 30.3 Å². The number of imidazole rings is 1. The van der Waals surface area contributed by atoms with Gasteiger partial charge in [0.1, 0.15) is 12.4 Å². The van der Waals surface area contributed by atoms with Gasteiger partial charge in [-0.2, -0.15) is 0 Å². The highest BCUT2D eigenvalue weighted by Gasteiger charge is 2.24. The highest BCUT2D eigenvalue weighted by molar-refractivity contribution is 5.47. The van der Waals surface area contributed by atoms with Crippen molar-refractivity contribution in [3.05, 3.63) is 103 Å². The largest absolute Gasteiger partial charge is 1.00 e. The lowest BCUT2D eigenvalue weighted by Gasteiger charge is -2.13. The molecule has 0 amide bonds. The second-order valence-electron chi connectivity index (χ2n) is 8.97. The number of rotatable bonds is 13. The van der Waals surface area contributed by atoms with E-state index in [1.54, 1.807) is 0 Å². The summed E-state index contributed by atoms with van der Waals surface area (Å²) >= 11 is 0. The highest BCUT2D eigenvalue weighted by Crippen LogP contribution is 2.32. The molecule has 1 aromatic heterocycles. The van der Waals surface area contributed by atoms with Crippen LogP contribution in [-0.2, 0) is 47.9 Å². The second kappa shape index (κ2) is 13.6. The molecule has 0 fully saturated rings. The number of ether oxygens (including phenoxy) is 6. The topological polar surface area (TPSA) is 116 Å². The van der Waals surface area contributed by atoms with Crippen LogP contribution in [0.15, 0.2) is 91.7 Å². The van der Waals surface area contributed by atoms with Crippen LogP contribution in [0.5, 0.6) is 0 Å². The number of aryl methyl sites for hydroxylation is 2. The number of halogens is 1. The first-order chi connectivity index (χ1) is 18.6. The van der Waals surface area contributed by atoms with E-state index < -0.39 is 12.6 Å². The lowest BCUT2D eigenvalue weighted by Crippen LogP contribution is -3.00. The van der Waals surface area contributed by atoms with E-state index in [0.29, 0.717) is 37.2 Å². The molecule has 2 unspecified atom stereocenters. The molecule has 5 rings (SSSR count). The van der Waals surface area contributed by atoms with Crippen LogP contribution < -0.4 is 28.4 Å². The predicted octanol–water partition coefficient (Wildman–Crippen LogP) is 0.716. The number of anilines is 2. The van der Waals surface area contributed by atoms with Crippen molar-refractivity contribution in [3.8, 4) is 0 Å². The first kappa shape index (κ1) is 27.8. The van der Waals surface area contributed by atoms with Gasteiger partial charge in [-0.1, -0.05) is 30.3 Å². The minimum absolute atomic E-state index is 0. The van der Waals surface area contributed by atoms with Gasteiger partial charge in [-0.15, -0.1) is 0 Å². The van der Waals surface area contributed by atoms with Crippen molar-refractivity contribution >= 4 is 11.4 Å². The Morgan fingerprint density at radius 2 is 1.56 bits per heavy atom. The molecule has 0 saturated heterocycles. The predicted molar refractivity (Wildman–Crippen MR) is 138 cm³/mol. The normalized spacial score (nSPS) is 17.5. The van der Waals surface area contributed by atoms with Crippen LogP contribution in [0.3, 0.4) is 0 Å². The summed E-state index contributed by atoms with van der Waals surface area (Å²) in [5, 5.41) is 0. The molecule has 208 valence electrons. The van der Waals surface area contributed by atoms with Gasteiger partial charge in [0.25, 0.3) is 6.29 Å². The van der Waals surface area contributed by atoms with Crippen LogP contribution in [0.2, 0.25) is 0 Å². The average Bonchev–Trinajstić information content (AvgIpc) is 3.68. The van der Waals surface area contributed by atoms with E-state index in [1.165, 1.54) is 12.5 Å². The molecule has 39 heavy (non-hydrogen) atoms. The Kier molecular flexibility index (Phi) is 9.69. The van der Waals surface area contributed by atoms with Gasteiger partial charge in [-0.05, 0) is 23.8 Å². The van der Waals surface area contributed by atoms with Crippen LogP contribution >= 0.6 is 0 Å². The molecule has 2 aliphatic heterocycles. The summed E-state index contributed by atoms with van der Waals surface area (Å²) in [7, 11) is 0. The first-order valence-electron chi connectivity index (χ1n) is 12.7. The molecular formula is C28H33ClN4O6. The Labute approximate surface area is 233 Å². The summed E-state index contributed by atoms with van der Waals surface area (Å²) < 4.78 is 38.1. The van der Waals surface area contributed by atoms with Crippen molar-refractivity contribution in [2.24, 2.45) is 0 Å². The molecule has 2 aromatic carbocycles. The zero-order valence-electron chi connectivity index (χ0n) is 21.5. The fourth-order valence-electron chi connectivity index (χ4n) is 4.13. The van der Waals surface area contributed by atoms with Crippen molar-refractivity contribution < 1.29 is 45.4 Å². The van der Waals surface area contributed by atoms with Gasteiger partial charge in [0.15, 0.2) is 12.5 Å². The number of hydrogen-bond donors (Lipinski definition) is 2. The van der Waals surface area contributed by atoms with Gasteiger partial charge in [0.05, 0.1) is 31.9 Å². The summed E-state index contributed by atoms with van der Waals surface area (Å²) in [6, 6.07) is 15.1. The molecule has 2 atom stereocenters. The zero-order valence-corrected chi connectivity index (χ0v) is 22.2. The van der Waals surface area contributed by atoms with Gasteiger partial charge >= 0.3 is 11.9 Å². The number of hydrogen-bond acceptors (Lipinski definition) is 8. The van der Waals surface area contributed by atoms with Crippen molar-refractivity contribution in [2.45, 2.75) is 44.9 Å². The number of nitrogens with zero attached hydrogens (tertiary/aromatic N) is 2. The number of aromatic nitrogens is 2. The fraction of sp³-hybridized carbons (Fsp3) is 0.321. The maximum absolute atomic E-state index is 5.99. The van der Waals surface area contributed by atoms with Crippen molar-refractivity contribution in [2.75, 3.05) is 24.7 Å². The third kappa shape index (κ3) is 7.67. The second-order valence-corrected chi connectivity index (χ2v) is 8.97. The smallest absolute Gasteiger partial charge is 0.319 e. The molecular weight excluding hydrogens is 524 g/mol. The monoisotopic (exact) mass is 556 g/mol. The number of para-hydroxylation sites is 2. The van der Waals surface area contributed by atoms with E-state index in [2.05, 4.69) is 15.5 Å². The lowest BCUT2D eigenvalue weighted by atomic mass is 10.1. The van der Waals surface area contributed by atoms with Gasteiger partial charge in [-0.3, -0.25) is 0 Å². The van der Waals surface area contributed by atoms with Gasteiger partial charge in [-0.25, -0.2) is 9.13 Å². The molecule has 0 bridgehead atoms. The number of nitrogen functional groups attached to an aromatic ring is 2. The highest BCUT2D eigenvalue weighted by atomic mass is 35.5. The Bertz CT molecular complexity index is 1280. The van der Waals surface area contributed by atoms with Crippen molar-refractivity contribution in [3.63, 3.8) is 0 Å². The maximum Gasteiger partial charge on any atom is 0.319 e. The SMILES string of the molecule is Nc1ccccc1CC1OC=C(OCCCn2cc[n+](CCCOC3=COC(c4ccccc4N)O3)c2)O1.[Cl-]. The summed E-state index contributed by atoms with van der Waals surface area (Å²) in [5.74, 6) is 0.764. The van der Waals surface area contributed by atoms with Gasteiger partial charge < -0.3 is 52.3 Å². The molecule has 0 aliphatic carbocycles. The van der Waals surface area contributed by atoms with Gasteiger partial charge in [0, 0.05) is 30.6 Å². The van der Waals surface area contributed by atoms with E-state index in [9.17, 15) is 0 Å². The van der Waals surface area contributed by atoms with Crippen molar-refractivity contribution in [1.82, 2.24) is 4.57 Å². The fourth-order valence-corrected chi connectivity index (χ4v) is 4.13. The Morgan fingerprint density at radius 3 is 2.38 bits per heavy atom. The van der Waals surface area contributed by atoms with Gasteiger partial charge in [0.2, 0.25) is 12.6 Å². The Hall–Kier alpha value is -4.18. The molecule has 4 N–H and O–H groups in total. The molecule has 0 radical (unpaired) electrons. The standard InChI is InChI=1S/C28H33N4O6.ClH/c29-23-9-3-1-7-21(23)17-25-35-18-26(37-25)33-15-5-11-31-13-14-32(20-31)12-6-16-34-27-19-36-28(38-27)22-8-2-4-10-24(22)30;/h1-4,7-10,13-14,18-20,25,28H,5-6,11-12,15-17,29-30H2;1H/q+1;/p-1.